The van der Waals surface area contributed by atoms with Crippen LogP contribution in [0.2, 0.25) is 0 Å². The van der Waals surface area contributed by atoms with Gasteiger partial charge in [-0.2, -0.15) is 0 Å². The van der Waals surface area contributed by atoms with Crippen molar-refractivity contribution in [1.82, 2.24) is 15.5 Å². The Morgan fingerprint density at radius 1 is 1.17 bits per heavy atom. The van der Waals surface area contributed by atoms with Crippen LogP contribution in [0.3, 0.4) is 0 Å². The minimum atomic E-state index is 0.352. The van der Waals surface area contributed by atoms with Gasteiger partial charge in [0, 0.05) is 45.9 Å². The molecule has 0 spiro atoms. The van der Waals surface area contributed by atoms with Crippen LogP contribution < -0.4 is 10.6 Å². The largest absolute Gasteiger partial charge is 0.382 e. The zero-order chi connectivity index (χ0) is 21.1. The Labute approximate surface area is 178 Å². The number of ether oxygens (including phenoxy) is 1. The fourth-order valence-corrected chi connectivity index (χ4v) is 4.08. The smallest absolute Gasteiger partial charge is 0.191 e. The molecule has 0 amide bonds. The summed E-state index contributed by atoms with van der Waals surface area (Å²) in [4.78, 5) is 6.83. The summed E-state index contributed by atoms with van der Waals surface area (Å²) in [5.41, 5.74) is 3.05. The van der Waals surface area contributed by atoms with Crippen molar-refractivity contribution >= 4 is 5.96 Å². The van der Waals surface area contributed by atoms with Crippen molar-refractivity contribution < 1.29 is 4.74 Å². The van der Waals surface area contributed by atoms with Crippen molar-refractivity contribution in [3.63, 3.8) is 0 Å². The SMILES string of the molecule is CCOCCC1(CNC(=NC)NCc2ccccc2CN(C)C(C)C)CCCC1. The molecule has 0 bridgehead atoms. The molecule has 2 N–H and O–H groups in total. The lowest BCUT2D eigenvalue weighted by Gasteiger charge is -2.30. The first-order valence-electron chi connectivity index (χ1n) is 11.3. The molecule has 164 valence electrons. The Morgan fingerprint density at radius 3 is 2.48 bits per heavy atom. The van der Waals surface area contributed by atoms with Gasteiger partial charge in [0.05, 0.1) is 0 Å². The highest BCUT2D eigenvalue weighted by atomic mass is 16.5. The van der Waals surface area contributed by atoms with E-state index in [-0.39, 0.29) is 0 Å². The zero-order valence-corrected chi connectivity index (χ0v) is 19.3. The molecule has 1 fully saturated rings. The van der Waals surface area contributed by atoms with E-state index in [1.807, 2.05) is 7.05 Å². The minimum absolute atomic E-state index is 0.352. The topological polar surface area (TPSA) is 48.9 Å². The molecule has 0 heterocycles. The Morgan fingerprint density at radius 2 is 1.86 bits per heavy atom. The van der Waals surface area contributed by atoms with E-state index < -0.39 is 0 Å². The Kier molecular flexibility index (Phi) is 9.95. The predicted molar refractivity (Wildman–Crippen MR) is 123 cm³/mol. The molecule has 0 saturated heterocycles. The molecule has 0 aliphatic heterocycles. The molecular formula is C24H42N4O. The quantitative estimate of drug-likeness (QED) is 0.331. The maximum atomic E-state index is 5.64. The normalized spacial score (nSPS) is 16.6. The van der Waals surface area contributed by atoms with Crippen LogP contribution in [-0.2, 0) is 17.8 Å². The van der Waals surface area contributed by atoms with Gasteiger partial charge in [-0.1, -0.05) is 37.1 Å². The highest BCUT2D eigenvalue weighted by molar-refractivity contribution is 5.79. The number of nitrogens with one attached hydrogen (secondary N) is 2. The Hall–Kier alpha value is -1.59. The van der Waals surface area contributed by atoms with Gasteiger partial charge in [0.15, 0.2) is 5.96 Å². The van der Waals surface area contributed by atoms with Crippen LogP contribution >= 0.6 is 0 Å². The maximum absolute atomic E-state index is 5.64. The minimum Gasteiger partial charge on any atom is -0.382 e. The summed E-state index contributed by atoms with van der Waals surface area (Å²) in [6, 6.07) is 9.22. The molecule has 1 saturated carbocycles. The average Bonchev–Trinajstić information content (AvgIpc) is 3.18. The number of hydrogen-bond donors (Lipinski definition) is 2. The molecular weight excluding hydrogens is 360 g/mol. The number of nitrogens with zero attached hydrogens (tertiary/aromatic N) is 2. The molecule has 5 heteroatoms. The van der Waals surface area contributed by atoms with Gasteiger partial charge in [-0.25, -0.2) is 0 Å². The number of guanidine groups is 1. The first-order chi connectivity index (χ1) is 14.0. The fraction of sp³-hybridized carbons (Fsp3) is 0.708. The van der Waals surface area contributed by atoms with Gasteiger partial charge < -0.3 is 15.4 Å². The molecule has 1 aliphatic rings. The number of rotatable bonds is 11. The van der Waals surface area contributed by atoms with Gasteiger partial charge >= 0.3 is 0 Å². The number of benzene rings is 1. The summed E-state index contributed by atoms with van der Waals surface area (Å²) in [5, 5.41) is 7.13. The molecule has 5 nitrogen and oxygen atoms in total. The first-order valence-corrected chi connectivity index (χ1v) is 11.3. The van der Waals surface area contributed by atoms with E-state index >= 15 is 0 Å². The standard InChI is InChI=1S/C24H42N4O/c1-6-29-16-15-24(13-9-10-14-24)19-27-23(25-4)26-17-21-11-7-8-12-22(21)18-28(5)20(2)3/h7-8,11-12,20H,6,9-10,13-19H2,1-5H3,(H2,25,26,27). The summed E-state index contributed by atoms with van der Waals surface area (Å²) >= 11 is 0. The monoisotopic (exact) mass is 402 g/mol. The van der Waals surface area contributed by atoms with E-state index in [1.54, 1.807) is 0 Å². The molecule has 0 radical (unpaired) electrons. The van der Waals surface area contributed by atoms with Crippen LogP contribution in [0.5, 0.6) is 0 Å². The zero-order valence-electron chi connectivity index (χ0n) is 19.3. The summed E-state index contributed by atoms with van der Waals surface area (Å²) in [6.07, 6.45) is 6.37. The Balaban J connectivity index is 1.90. The third-order valence-electron chi connectivity index (χ3n) is 6.37. The van der Waals surface area contributed by atoms with Crippen molar-refractivity contribution in [1.29, 1.82) is 0 Å². The van der Waals surface area contributed by atoms with Crippen LogP contribution in [0.25, 0.3) is 0 Å². The van der Waals surface area contributed by atoms with Gasteiger partial charge in [-0.3, -0.25) is 9.89 Å². The summed E-state index contributed by atoms with van der Waals surface area (Å²) in [6.45, 7) is 10.9. The van der Waals surface area contributed by atoms with E-state index in [1.165, 1.54) is 36.8 Å². The van der Waals surface area contributed by atoms with E-state index in [0.717, 1.165) is 45.2 Å². The van der Waals surface area contributed by atoms with Gasteiger partial charge in [-0.05, 0) is 63.6 Å². The van der Waals surface area contributed by atoms with E-state index in [2.05, 4.69) is 72.6 Å². The average molecular weight is 403 g/mol. The second-order valence-electron chi connectivity index (χ2n) is 8.71. The van der Waals surface area contributed by atoms with E-state index in [9.17, 15) is 0 Å². The molecule has 29 heavy (non-hydrogen) atoms. The summed E-state index contributed by atoms with van der Waals surface area (Å²) < 4.78 is 5.64. The molecule has 0 aromatic heterocycles. The third-order valence-corrected chi connectivity index (χ3v) is 6.37. The summed E-state index contributed by atoms with van der Waals surface area (Å²) in [7, 11) is 4.04. The second-order valence-corrected chi connectivity index (χ2v) is 8.71. The van der Waals surface area contributed by atoms with Crippen LogP contribution in [0.4, 0.5) is 0 Å². The van der Waals surface area contributed by atoms with Crippen molar-refractivity contribution in [3.8, 4) is 0 Å². The van der Waals surface area contributed by atoms with Gasteiger partial charge in [0.2, 0.25) is 0 Å². The van der Waals surface area contributed by atoms with Crippen LogP contribution in [0.1, 0.15) is 64.0 Å². The predicted octanol–water partition coefficient (Wildman–Crippen LogP) is 4.18. The third kappa shape index (κ3) is 7.63. The second kappa shape index (κ2) is 12.2. The van der Waals surface area contributed by atoms with Crippen LogP contribution in [-0.4, -0.2) is 50.8 Å². The molecule has 1 aliphatic carbocycles. The maximum Gasteiger partial charge on any atom is 0.191 e. The molecule has 1 aromatic rings. The lowest BCUT2D eigenvalue weighted by Crippen LogP contribution is -2.43. The highest BCUT2D eigenvalue weighted by Gasteiger charge is 2.33. The van der Waals surface area contributed by atoms with E-state index in [0.29, 0.717) is 11.5 Å². The van der Waals surface area contributed by atoms with Crippen molar-refractivity contribution in [2.45, 2.75) is 72.0 Å². The van der Waals surface area contributed by atoms with Crippen LogP contribution in [0.15, 0.2) is 29.3 Å². The van der Waals surface area contributed by atoms with Crippen LogP contribution in [0, 0.1) is 5.41 Å². The fourth-order valence-electron chi connectivity index (χ4n) is 4.08. The lowest BCUT2D eigenvalue weighted by molar-refractivity contribution is 0.105. The van der Waals surface area contributed by atoms with Gasteiger partial charge in [0.25, 0.3) is 0 Å². The van der Waals surface area contributed by atoms with Gasteiger partial charge in [0.1, 0.15) is 0 Å². The highest BCUT2D eigenvalue weighted by Crippen LogP contribution is 2.40. The lowest BCUT2D eigenvalue weighted by atomic mass is 9.83. The van der Waals surface area contributed by atoms with Crippen molar-refractivity contribution in [2.75, 3.05) is 33.9 Å². The molecule has 1 aromatic carbocycles. The molecule has 0 unspecified atom stereocenters. The molecule has 2 rings (SSSR count). The Bertz CT molecular complexity index is 623. The van der Waals surface area contributed by atoms with Crippen molar-refractivity contribution in [2.24, 2.45) is 10.4 Å². The van der Waals surface area contributed by atoms with Crippen molar-refractivity contribution in [3.05, 3.63) is 35.4 Å². The first kappa shape index (κ1) is 23.7. The molecule has 0 atom stereocenters. The van der Waals surface area contributed by atoms with Gasteiger partial charge in [-0.15, -0.1) is 0 Å². The number of aliphatic imine (C=N–C) groups is 1. The van der Waals surface area contributed by atoms with E-state index in [4.69, 9.17) is 4.74 Å². The summed E-state index contributed by atoms with van der Waals surface area (Å²) in [5.74, 6) is 0.889. The number of hydrogen-bond acceptors (Lipinski definition) is 3.